The van der Waals surface area contributed by atoms with Crippen molar-refractivity contribution in [1.29, 1.82) is 0 Å². The molecule has 3 heterocycles. The summed E-state index contributed by atoms with van der Waals surface area (Å²) in [5.41, 5.74) is 1.39. The van der Waals surface area contributed by atoms with E-state index >= 15 is 0 Å². The second kappa shape index (κ2) is 10.1. The maximum Gasteiger partial charge on any atom is 0.263 e. The molecule has 0 saturated carbocycles. The zero-order valence-electron chi connectivity index (χ0n) is 19.9. The number of nitrogens with zero attached hydrogens (tertiary/aromatic N) is 4. The van der Waals surface area contributed by atoms with Crippen molar-refractivity contribution in [2.75, 3.05) is 38.1 Å². The SMILES string of the molecule is CC[C@H](C)[C@H](N=C1NS(=O)(=O)c2ccccc21)C(=O)NCc1ccc(N2CCN(C)CC2)nc1. The molecular formula is C24H32N6O3S. The van der Waals surface area contributed by atoms with Gasteiger partial charge in [-0.05, 0) is 36.7 Å². The van der Waals surface area contributed by atoms with Crippen molar-refractivity contribution in [3.8, 4) is 0 Å². The maximum atomic E-state index is 13.1. The van der Waals surface area contributed by atoms with Crippen LogP contribution in [-0.2, 0) is 21.4 Å². The molecule has 1 amide bonds. The summed E-state index contributed by atoms with van der Waals surface area (Å²) in [5, 5.41) is 2.95. The number of amides is 1. The molecule has 1 saturated heterocycles. The topological polar surface area (TPSA) is 107 Å². The summed E-state index contributed by atoms with van der Waals surface area (Å²) >= 11 is 0. The molecule has 34 heavy (non-hydrogen) atoms. The highest BCUT2D eigenvalue weighted by atomic mass is 32.2. The summed E-state index contributed by atoms with van der Waals surface area (Å²) < 4.78 is 27.3. The van der Waals surface area contributed by atoms with Gasteiger partial charge in [-0.1, -0.05) is 38.5 Å². The van der Waals surface area contributed by atoms with Crippen LogP contribution < -0.4 is 14.9 Å². The van der Waals surface area contributed by atoms with Crippen LogP contribution in [0.2, 0.25) is 0 Å². The van der Waals surface area contributed by atoms with Crippen molar-refractivity contribution in [2.45, 2.75) is 37.8 Å². The smallest absolute Gasteiger partial charge is 0.263 e. The molecule has 9 nitrogen and oxygen atoms in total. The number of fused-ring (bicyclic) bond motifs is 1. The highest BCUT2D eigenvalue weighted by molar-refractivity contribution is 7.90. The number of amidine groups is 1. The first-order valence-electron chi connectivity index (χ1n) is 11.6. The first-order valence-corrected chi connectivity index (χ1v) is 13.1. The van der Waals surface area contributed by atoms with Crippen molar-refractivity contribution >= 4 is 27.6 Å². The van der Waals surface area contributed by atoms with E-state index in [0.717, 1.165) is 44.0 Å². The molecule has 2 aromatic rings. The lowest BCUT2D eigenvalue weighted by Gasteiger charge is -2.33. The van der Waals surface area contributed by atoms with Gasteiger partial charge in [0, 0.05) is 44.5 Å². The number of nitrogens with one attached hydrogen (secondary N) is 2. The minimum atomic E-state index is -3.66. The molecule has 0 unspecified atom stereocenters. The maximum absolute atomic E-state index is 13.1. The number of carbonyl (C=O) groups excluding carboxylic acids is 1. The van der Waals surface area contributed by atoms with Crippen LogP contribution in [0.5, 0.6) is 0 Å². The minimum absolute atomic E-state index is 0.0671. The highest BCUT2D eigenvalue weighted by Crippen LogP contribution is 2.24. The lowest BCUT2D eigenvalue weighted by atomic mass is 9.98. The first kappa shape index (κ1) is 24.2. The molecule has 0 bridgehead atoms. The van der Waals surface area contributed by atoms with E-state index in [1.807, 2.05) is 26.0 Å². The number of pyridine rings is 1. The Morgan fingerprint density at radius 2 is 1.91 bits per heavy atom. The summed E-state index contributed by atoms with van der Waals surface area (Å²) in [6.45, 7) is 8.18. The van der Waals surface area contributed by atoms with Crippen molar-refractivity contribution in [1.82, 2.24) is 19.9 Å². The number of rotatable bonds is 7. The third-order valence-electron chi connectivity index (χ3n) is 6.49. The van der Waals surface area contributed by atoms with Gasteiger partial charge in [-0.25, -0.2) is 13.4 Å². The van der Waals surface area contributed by atoms with Crippen LogP contribution in [0.3, 0.4) is 0 Å². The first-order chi connectivity index (χ1) is 16.3. The number of aliphatic imine (C=N–C) groups is 1. The van der Waals surface area contributed by atoms with Gasteiger partial charge in [0.1, 0.15) is 17.7 Å². The summed E-state index contributed by atoms with van der Waals surface area (Å²) in [4.78, 5) is 27.0. The molecular weight excluding hydrogens is 452 g/mol. The number of benzene rings is 1. The molecule has 4 rings (SSSR count). The summed E-state index contributed by atoms with van der Waals surface area (Å²) in [7, 11) is -1.54. The molecule has 0 radical (unpaired) electrons. The molecule has 2 atom stereocenters. The van der Waals surface area contributed by atoms with E-state index in [2.05, 4.69) is 36.9 Å². The molecule has 182 valence electrons. The van der Waals surface area contributed by atoms with Gasteiger partial charge in [0.2, 0.25) is 5.91 Å². The molecule has 10 heteroatoms. The van der Waals surface area contributed by atoms with Crippen molar-refractivity contribution in [3.63, 3.8) is 0 Å². The van der Waals surface area contributed by atoms with Crippen LogP contribution in [0, 0.1) is 5.92 Å². The second-order valence-corrected chi connectivity index (χ2v) is 10.6. The van der Waals surface area contributed by atoms with Crippen molar-refractivity contribution in [3.05, 3.63) is 53.7 Å². The monoisotopic (exact) mass is 484 g/mol. The Morgan fingerprint density at radius 3 is 2.59 bits per heavy atom. The van der Waals surface area contributed by atoms with Crippen LogP contribution in [0.15, 0.2) is 52.5 Å². The van der Waals surface area contributed by atoms with Crippen LogP contribution in [-0.4, -0.2) is 69.3 Å². The highest BCUT2D eigenvalue weighted by Gasteiger charge is 2.33. The molecule has 0 aliphatic carbocycles. The minimum Gasteiger partial charge on any atom is -0.354 e. The second-order valence-electron chi connectivity index (χ2n) is 8.94. The number of likely N-dealkylation sites (N-methyl/N-ethyl adjacent to an activating group) is 1. The average molecular weight is 485 g/mol. The van der Waals surface area contributed by atoms with Crippen LogP contribution in [0.1, 0.15) is 31.4 Å². The lowest BCUT2D eigenvalue weighted by Crippen LogP contribution is -2.44. The Bertz CT molecular complexity index is 1160. The number of hydrogen-bond acceptors (Lipinski definition) is 7. The third kappa shape index (κ3) is 5.23. The van der Waals surface area contributed by atoms with Crippen molar-refractivity contribution < 1.29 is 13.2 Å². The van der Waals surface area contributed by atoms with E-state index in [4.69, 9.17) is 0 Å². The molecule has 2 aliphatic rings. The van der Waals surface area contributed by atoms with Gasteiger partial charge in [0.05, 0.1) is 4.90 Å². The molecule has 0 spiro atoms. The zero-order chi connectivity index (χ0) is 24.3. The van der Waals surface area contributed by atoms with Gasteiger partial charge in [-0.15, -0.1) is 0 Å². The van der Waals surface area contributed by atoms with Gasteiger partial charge < -0.3 is 15.1 Å². The van der Waals surface area contributed by atoms with Crippen LogP contribution in [0.4, 0.5) is 5.82 Å². The summed E-state index contributed by atoms with van der Waals surface area (Å²) in [5.74, 6) is 0.851. The van der Waals surface area contributed by atoms with Gasteiger partial charge in [-0.3, -0.25) is 14.5 Å². The predicted octanol–water partition coefficient (Wildman–Crippen LogP) is 1.60. The Hall–Kier alpha value is -2.98. The molecule has 1 aromatic heterocycles. The van der Waals surface area contributed by atoms with Gasteiger partial charge in [-0.2, -0.15) is 0 Å². The van der Waals surface area contributed by atoms with Crippen molar-refractivity contribution in [2.24, 2.45) is 10.9 Å². The summed E-state index contributed by atoms with van der Waals surface area (Å²) in [6, 6.07) is 9.92. The Balaban J connectivity index is 1.44. The van der Waals surface area contributed by atoms with E-state index in [9.17, 15) is 13.2 Å². The Kier molecular flexibility index (Phi) is 7.18. The standard InChI is InChI=1S/C24H32N6O3S/c1-4-17(2)22(27-23-19-7-5-6-8-20(19)34(32,33)28-23)24(31)26-16-18-9-10-21(25-15-18)30-13-11-29(3)12-14-30/h5-10,15,17,22H,4,11-14,16H2,1-3H3,(H,26,31)(H,27,28)/t17-,22-/m0/s1. The lowest BCUT2D eigenvalue weighted by molar-refractivity contribution is -0.123. The van der Waals surface area contributed by atoms with E-state index in [-0.39, 0.29) is 22.6 Å². The summed E-state index contributed by atoms with van der Waals surface area (Å²) in [6.07, 6.45) is 2.52. The van der Waals surface area contributed by atoms with Crippen LogP contribution in [0.25, 0.3) is 0 Å². The molecule has 1 aromatic carbocycles. The predicted molar refractivity (Wildman–Crippen MR) is 132 cm³/mol. The average Bonchev–Trinajstić information content (AvgIpc) is 3.11. The largest absolute Gasteiger partial charge is 0.354 e. The van der Waals surface area contributed by atoms with Gasteiger partial charge in [0.15, 0.2) is 0 Å². The number of carbonyl (C=O) groups is 1. The van der Waals surface area contributed by atoms with Gasteiger partial charge in [0.25, 0.3) is 10.0 Å². The Labute approximate surface area is 201 Å². The zero-order valence-corrected chi connectivity index (χ0v) is 20.7. The molecule has 2 N–H and O–H groups in total. The Morgan fingerprint density at radius 1 is 1.18 bits per heavy atom. The molecule has 1 fully saturated rings. The normalized spacial score (nSPS) is 20.4. The van der Waals surface area contributed by atoms with E-state index in [1.54, 1.807) is 24.4 Å². The van der Waals surface area contributed by atoms with Crippen LogP contribution >= 0.6 is 0 Å². The molecule has 2 aliphatic heterocycles. The number of piperazine rings is 1. The van der Waals surface area contributed by atoms with Gasteiger partial charge >= 0.3 is 0 Å². The third-order valence-corrected chi connectivity index (χ3v) is 7.88. The number of aromatic nitrogens is 1. The van der Waals surface area contributed by atoms with E-state index in [1.165, 1.54) is 6.07 Å². The number of hydrogen-bond donors (Lipinski definition) is 2. The van der Waals surface area contributed by atoms with E-state index in [0.29, 0.717) is 12.1 Å². The van der Waals surface area contributed by atoms with E-state index < -0.39 is 16.1 Å². The number of sulfonamides is 1. The fourth-order valence-corrected chi connectivity index (χ4v) is 5.31. The fraction of sp³-hybridized carbons (Fsp3) is 0.458. The fourth-order valence-electron chi connectivity index (χ4n) is 4.07. The quantitative estimate of drug-likeness (QED) is 0.618. The number of anilines is 1.